The molecule has 0 bridgehead atoms. The van der Waals surface area contributed by atoms with Gasteiger partial charge in [0.2, 0.25) is 0 Å². The average Bonchev–Trinajstić information content (AvgIpc) is 2.88. The Kier molecular flexibility index (Phi) is 4.82. The van der Waals surface area contributed by atoms with Gasteiger partial charge in [0.05, 0.1) is 23.9 Å². The molecule has 0 aliphatic rings. The quantitative estimate of drug-likeness (QED) is 0.764. The van der Waals surface area contributed by atoms with Crippen LogP contribution in [0.1, 0.15) is 27.8 Å². The van der Waals surface area contributed by atoms with Crippen molar-refractivity contribution in [3.8, 4) is 5.75 Å². The third-order valence-corrected chi connectivity index (χ3v) is 4.67. The predicted molar refractivity (Wildman–Crippen MR) is 101 cm³/mol. The number of benzene rings is 2. The van der Waals surface area contributed by atoms with Crippen LogP contribution < -0.4 is 4.74 Å². The van der Waals surface area contributed by atoms with Crippen LogP contribution in [0.3, 0.4) is 0 Å². The van der Waals surface area contributed by atoms with Crippen LogP contribution in [0.15, 0.2) is 30.6 Å². The van der Waals surface area contributed by atoms with Crippen molar-refractivity contribution < 1.29 is 9.84 Å². The lowest BCUT2D eigenvalue weighted by molar-refractivity contribution is 0.0927. The van der Waals surface area contributed by atoms with E-state index in [1.165, 1.54) is 16.7 Å². The number of imidazole rings is 1. The summed E-state index contributed by atoms with van der Waals surface area (Å²) in [6.07, 6.45) is 1.19. The fourth-order valence-corrected chi connectivity index (χ4v) is 3.31. The zero-order chi connectivity index (χ0) is 18.1. The molecule has 0 aliphatic carbocycles. The van der Waals surface area contributed by atoms with Gasteiger partial charge in [0, 0.05) is 0 Å². The molecule has 1 heterocycles. The molecule has 0 saturated heterocycles. The fraction of sp³-hybridized carbons (Fsp3) is 0.381. The van der Waals surface area contributed by atoms with Crippen LogP contribution in [-0.2, 0) is 6.54 Å². The van der Waals surface area contributed by atoms with Crippen molar-refractivity contribution in [1.29, 1.82) is 0 Å². The summed E-state index contributed by atoms with van der Waals surface area (Å²) in [5.41, 5.74) is 7.88. The van der Waals surface area contributed by atoms with Crippen LogP contribution in [0, 0.1) is 34.6 Å². The molecular weight excluding hydrogens is 312 g/mol. The van der Waals surface area contributed by atoms with E-state index in [-0.39, 0.29) is 6.61 Å². The van der Waals surface area contributed by atoms with E-state index in [9.17, 15) is 5.11 Å². The van der Waals surface area contributed by atoms with Crippen LogP contribution in [0.2, 0.25) is 0 Å². The van der Waals surface area contributed by atoms with Crippen LogP contribution in [-0.4, -0.2) is 27.4 Å². The van der Waals surface area contributed by atoms with Gasteiger partial charge in [-0.05, 0) is 69.0 Å². The molecule has 3 aromatic rings. The average molecular weight is 338 g/mol. The molecule has 25 heavy (non-hydrogen) atoms. The van der Waals surface area contributed by atoms with Crippen LogP contribution in [0.4, 0.5) is 0 Å². The van der Waals surface area contributed by atoms with Crippen LogP contribution in [0.25, 0.3) is 11.0 Å². The van der Waals surface area contributed by atoms with Gasteiger partial charge in [0.1, 0.15) is 18.5 Å². The Morgan fingerprint density at radius 3 is 2.28 bits per heavy atom. The summed E-state index contributed by atoms with van der Waals surface area (Å²) in [5, 5.41) is 10.4. The van der Waals surface area contributed by atoms with E-state index < -0.39 is 6.10 Å². The molecule has 132 valence electrons. The Balaban J connectivity index is 1.71. The smallest absolute Gasteiger partial charge is 0.125 e. The van der Waals surface area contributed by atoms with Crippen molar-refractivity contribution in [1.82, 2.24) is 9.55 Å². The predicted octanol–water partition coefficient (Wildman–Crippen LogP) is 4.02. The summed E-state index contributed by atoms with van der Waals surface area (Å²) >= 11 is 0. The van der Waals surface area contributed by atoms with Gasteiger partial charge in [0.25, 0.3) is 0 Å². The van der Waals surface area contributed by atoms with Gasteiger partial charge in [-0.2, -0.15) is 0 Å². The Bertz CT molecular complexity index is 889. The third kappa shape index (κ3) is 3.69. The monoisotopic (exact) mass is 338 g/mol. The maximum atomic E-state index is 10.4. The van der Waals surface area contributed by atoms with E-state index in [2.05, 4.69) is 50.0 Å². The first kappa shape index (κ1) is 17.5. The van der Waals surface area contributed by atoms with Crippen molar-refractivity contribution in [3.05, 3.63) is 58.4 Å². The first-order chi connectivity index (χ1) is 11.8. The molecule has 1 atom stereocenters. The highest BCUT2D eigenvalue weighted by Gasteiger charge is 2.12. The molecule has 4 heteroatoms. The molecule has 0 saturated carbocycles. The fourth-order valence-electron chi connectivity index (χ4n) is 3.31. The van der Waals surface area contributed by atoms with Gasteiger partial charge < -0.3 is 14.4 Å². The highest BCUT2D eigenvalue weighted by Crippen LogP contribution is 2.25. The zero-order valence-electron chi connectivity index (χ0n) is 15.6. The molecule has 1 aromatic heterocycles. The molecule has 2 aromatic carbocycles. The Hall–Kier alpha value is -2.33. The first-order valence-electron chi connectivity index (χ1n) is 8.66. The number of aryl methyl sites for hydroxylation is 5. The SMILES string of the molecule is Cc1cc(C)c(OCC(O)Cn2cnc3cc(C)c(C)cc32)c(C)c1. The summed E-state index contributed by atoms with van der Waals surface area (Å²) in [6.45, 7) is 11.1. The van der Waals surface area contributed by atoms with Crippen molar-refractivity contribution in [2.24, 2.45) is 0 Å². The Morgan fingerprint density at radius 2 is 1.60 bits per heavy atom. The van der Waals surface area contributed by atoms with Gasteiger partial charge in [0.15, 0.2) is 0 Å². The van der Waals surface area contributed by atoms with Crippen LogP contribution in [0.5, 0.6) is 5.75 Å². The van der Waals surface area contributed by atoms with E-state index in [4.69, 9.17) is 4.74 Å². The molecule has 1 N–H and O–H groups in total. The topological polar surface area (TPSA) is 47.3 Å². The number of aliphatic hydroxyl groups is 1. The number of hydrogen-bond acceptors (Lipinski definition) is 3. The third-order valence-electron chi connectivity index (χ3n) is 4.67. The molecule has 3 rings (SSSR count). The lowest BCUT2D eigenvalue weighted by Crippen LogP contribution is -2.23. The van der Waals surface area contributed by atoms with Crippen molar-refractivity contribution in [3.63, 3.8) is 0 Å². The van der Waals surface area contributed by atoms with Crippen molar-refractivity contribution in [2.45, 2.75) is 47.3 Å². The number of aliphatic hydroxyl groups excluding tert-OH is 1. The maximum Gasteiger partial charge on any atom is 0.125 e. The van der Waals surface area contributed by atoms with E-state index in [0.717, 1.165) is 27.9 Å². The number of fused-ring (bicyclic) bond motifs is 1. The second-order valence-electron chi connectivity index (χ2n) is 7.01. The number of nitrogens with zero attached hydrogens (tertiary/aromatic N) is 2. The summed E-state index contributed by atoms with van der Waals surface area (Å²) in [7, 11) is 0. The van der Waals surface area contributed by atoms with E-state index in [1.807, 2.05) is 18.4 Å². The number of rotatable bonds is 5. The zero-order valence-corrected chi connectivity index (χ0v) is 15.6. The molecule has 0 fully saturated rings. The molecule has 0 radical (unpaired) electrons. The molecule has 0 amide bonds. The van der Waals surface area contributed by atoms with Crippen molar-refractivity contribution >= 4 is 11.0 Å². The van der Waals surface area contributed by atoms with E-state index in [1.54, 1.807) is 6.33 Å². The second-order valence-corrected chi connectivity index (χ2v) is 7.01. The maximum absolute atomic E-state index is 10.4. The minimum Gasteiger partial charge on any atom is -0.490 e. The highest BCUT2D eigenvalue weighted by atomic mass is 16.5. The largest absolute Gasteiger partial charge is 0.490 e. The molecule has 0 aliphatic heterocycles. The number of hydrogen-bond donors (Lipinski definition) is 1. The number of ether oxygens (including phenoxy) is 1. The van der Waals surface area contributed by atoms with E-state index in [0.29, 0.717) is 6.54 Å². The lowest BCUT2D eigenvalue weighted by Gasteiger charge is -2.17. The second kappa shape index (κ2) is 6.89. The van der Waals surface area contributed by atoms with Gasteiger partial charge in [-0.15, -0.1) is 0 Å². The Labute approximate surface area is 149 Å². The summed E-state index contributed by atoms with van der Waals surface area (Å²) in [4.78, 5) is 4.44. The number of aromatic nitrogens is 2. The standard InChI is InChI=1S/C21H26N2O2/c1-13-6-16(4)21(17(5)7-13)25-11-18(24)10-23-12-22-19-8-14(2)15(3)9-20(19)23/h6-9,12,18,24H,10-11H2,1-5H3. The molecular formula is C21H26N2O2. The molecule has 1 unspecified atom stereocenters. The van der Waals surface area contributed by atoms with Gasteiger partial charge >= 0.3 is 0 Å². The minimum absolute atomic E-state index is 0.259. The highest BCUT2D eigenvalue weighted by molar-refractivity contribution is 5.77. The summed E-state index contributed by atoms with van der Waals surface area (Å²) in [5.74, 6) is 0.867. The van der Waals surface area contributed by atoms with Crippen molar-refractivity contribution in [2.75, 3.05) is 6.61 Å². The summed E-state index contributed by atoms with van der Waals surface area (Å²) in [6, 6.07) is 8.41. The van der Waals surface area contributed by atoms with Gasteiger partial charge in [-0.1, -0.05) is 17.7 Å². The van der Waals surface area contributed by atoms with Gasteiger partial charge in [-0.3, -0.25) is 0 Å². The lowest BCUT2D eigenvalue weighted by atomic mass is 10.1. The minimum atomic E-state index is -0.598. The molecule has 0 spiro atoms. The van der Waals surface area contributed by atoms with Crippen LogP contribution >= 0.6 is 0 Å². The summed E-state index contributed by atoms with van der Waals surface area (Å²) < 4.78 is 7.90. The first-order valence-corrected chi connectivity index (χ1v) is 8.66. The Morgan fingerprint density at radius 1 is 0.960 bits per heavy atom. The van der Waals surface area contributed by atoms with Gasteiger partial charge in [-0.25, -0.2) is 4.98 Å². The van der Waals surface area contributed by atoms with E-state index >= 15 is 0 Å². The molecule has 4 nitrogen and oxygen atoms in total. The normalized spacial score (nSPS) is 12.6.